The quantitative estimate of drug-likeness (QED) is 0.595. The van der Waals surface area contributed by atoms with E-state index >= 15 is 0 Å². The van der Waals surface area contributed by atoms with Gasteiger partial charge in [0.1, 0.15) is 18.0 Å². The van der Waals surface area contributed by atoms with Gasteiger partial charge in [0.05, 0.1) is 5.56 Å². The largest absolute Gasteiger partial charge is 0.460 e. The number of carbonyl (C=O) groups excluding carboxylic acids is 2. The zero-order valence-corrected chi connectivity index (χ0v) is 10.7. The highest BCUT2D eigenvalue weighted by Crippen LogP contribution is 2.29. The Hall–Kier alpha value is -2.15. The maximum Gasteiger partial charge on any atom is 0.327 e. The van der Waals surface area contributed by atoms with Crippen molar-refractivity contribution in [3.05, 3.63) is 42.5 Å². The standard InChI is InChI=1S/C12H11NO5S/c1-2-7-18-11(14)8-13-12(15)9-5-3-4-6-10(9)19(13,16)17/h2-6H,1,7-8H2. The summed E-state index contributed by atoms with van der Waals surface area (Å²) < 4.78 is 29.4. The molecule has 1 heterocycles. The van der Waals surface area contributed by atoms with E-state index in [4.69, 9.17) is 0 Å². The minimum Gasteiger partial charge on any atom is -0.460 e. The maximum absolute atomic E-state index is 12.1. The van der Waals surface area contributed by atoms with Crippen LogP contribution >= 0.6 is 0 Å². The zero-order chi connectivity index (χ0) is 14.0. The van der Waals surface area contributed by atoms with Crippen molar-refractivity contribution < 1.29 is 22.7 Å². The monoisotopic (exact) mass is 281 g/mol. The lowest BCUT2D eigenvalue weighted by atomic mass is 10.2. The van der Waals surface area contributed by atoms with Gasteiger partial charge in [-0.3, -0.25) is 9.59 Å². The van der Waals surface area contributed by atoms with Gasteiger partial charge >= 0.3 is 5.97 Å². The number of carbonyl (C=O) groups is 2. The fourth-order valence-corrected chi connectivity index (χ4v) is 3.22. The number of ether oxygens (including phenoxy) is 1. The Morgan fingerprint density at radius 1 is 1.37 bits per heavy atom. The van der Waals surface area contributed by atoms with Crippen molar-refractivity contribution in [2.75, 3.05) is 13.2 Å². The number of nitrogens with zero attached hydrogens (tertiary/aromatic N) is 1. The van der Waals surface area contributed by atoms with E-state index in [0.717, 1.165) is 0 Å². The van der Waals surface area contributed by atoms with Crippen LogP contribution in [0.2, 0.25) is 0 Å². The van der Waals surface area contributed by atoms with Crippen LogP contribution in [0.3, 0.4) is 0 Å². The first-order chi connectivity index (χ1) is 8.98. The SMILES string of the molecule is C=CCOC(=O)CN1C(=O)c2ccccc2S1(=O)=O. The van der Waals surface area contributed by atoms with Crippen LogP contribution in [0.15, 0.2) is 41.8 Å². The molecule has 0 bridgehead atoms. The Labute approximate surface area is 110 Å². The molecule has 0 aromatic heterocycles. The average Bonchev–Trinajstić information content (AvgIpc) is 2.58. The Bertz CT molecular complexity index is 650. The minimum absolute atomic E-state index is 0.0339. The van der Waals surface area contributed by atoms with Gasteiger partial charge in [-0.15, -0.1) is 0 Å². The van der Waals surface area contributed by atoms with Gasteiger partial charge in [0.25, 0.3) is 15.9 Å². The summed E-state index contributed by atoms with van der Waals surface area (Å²) in [7, 11) is -3.96. The predicted molar refractivity (Wildman–Crippen MR) is 65.8 cm³/mol. The van der Waals surface area contributed by atoms with Gasteiger partial charge in [-0.1, -0.05) is 24.8 Å². The summed E-state index contributed by atoms with van der Waals surface area (Å²) >= 11 is 0. The molecule has 2 rings (SSSR count). The molecule has 1 aliphatic heterocycles. The Kier molecular flexibility index (Phi) is 3.39. The normalized spacial score (nSPS) is 16.0. The number of esters is 1. The Morgan fingerprint density at radius 3 is 2.68 bits per heavy atom. The molecule has 1 aromatic rings. The maximum atomic E-state index is 12.1. The first-order valence-corrected chi connectivity index (χ1v) is 6.85. The molecule has 19 heavy (non-hydrogen) atoms. The zero-order valence-electron chi connectivity index (χ0n) is 9.90. The molecule has 0 spiro atoms. The van der Waals surface area contributed by atoms with Crippen molar-refractivity contribution in [2.24, 2.45) is 0 Å². The number of rotatable bonds is 4. The highest BCUT2D eigenvalue weighted by atomic mass is 32.2. The summed E-state index contributed by atoms with van der Waals surface area (Å²) in [6.45, 7) is 2.70. The molecule has 6 nitrogen and oxygen atoms in total. The van der Waals surface area contributed by atoms with Crippen molar-refractivity contribution in [1.29, 1.82) is 0 Å². The van der Waals surface area contributed by atoms with E-state index < -0.39 is 28.4 Å². The molecular weight excluding hydrogens is 270 g/mol. The van der Waals surface area contributed by atoms with Crippen LogP contribution < -0.4 is 0 Å². The lowest BCUT2D eigenvalue weighted by molar-refractivity contribution is -0.142. The van der Waals surface area contributed by atoms with Gasteiger partial charge < -0.3 is 4.74 Å². The molecule has 1 aromatic carbocycles. The third kappa shape index (κ3) is 2.24. The first kappa shape index (κ1) is 13.3. The molecule has 1 amide bonds. The molecule has 0 saturated heterocycles. The smallest absolute Gasteiger partial charge is 0.327 e. The average molecular weight is 281 g/mol. The van der Waals surface area contributed by atoms with Crippen LogP contribution in [-0.4, -0.2) is 37.8 Å². The number of hydrogen-bond acceptors (Lipinski definition) is 5. The third-order valence-electron chi connectivity index (χ3n) is 2.55. The molecule has 7 heteroatoms. The first-order valence-electron chi connectivity index (χ1n) is 5.41. The topological polar surface area (TPSA) is 80.8 Å². The molecule has 0 saturated carbocycles. The van der Waals surface area contributed by atoms with E-state index in [9.17, 15) is 18.0 Å². The number of hydrogen-bond donors (Lipinski definition) is 0. The van der Waals surface area contributed by atoms with E-state index in [1.807, 2.05) is 0 Å². The van der Waals surface area contributed by atoms with E-state index in [0.29, 0.717) is 4.31 Å². The van der Waals surface area contributed by atoms with Crippen molar-refractivity contribution in [3.8, 4) is 0 Å². The molecular formula is C12H11NO5S. The summed E-state index contributed by atoms with van der Waals surface area (Å²) in [6, 6.07) is 5.82. The Balaban J connectivity index is 2.28. The second kappa shape index (κ2) is 4.85. The second-order valence-corrected chi connectivity index (χ2v) is 5.62. The van der Waals surface area contributed by atoms with Crippen LogP contribution in [0, 0.1) is 0 Å². The van der Waals surface area contributed by atoms with Gasteiger partial charge in [-0.05, 0) is 12.1 Å². The molecule has 0 aliphatic carbocycles. The molecule has 0 N–H and O–H groups in total. The summed E-state index contributed by atoms with van der Waals surface area (Å²) in [5.74, 6) is -1.52. The van der Waals surface area contributed by atoms with Crippen LogP contribution in [-0.2, 0) is 19.6 Å². The van der Waals surface area contributed by atoms with Crippen molar-refractivity contribution in [2.45, 2.75) is 4.90 Å². The number of benzene rings is 1. The summed E-state index contributed by atoms with van der Waals surface area (Å²) in [6.07, 6.45) is 1.35. The number of sulfonamides is 1. The summed E-state index contributed by atoms with van der Waals surface area (Å²) in [5.41, 5.74) is 0.0685. The predicted octanol–water partition coefficient (Wildman–Crippen LogP) is 0.560. The van der Waals surface area contributed by atoms with Crippen LogP contribution in [0.1, 0.15) is 10.4 Å². The number of fused-ring (bicyclic) bond motifs is 1. The fraction of sp³-hybridized carbons (Fsp3) is 0.167. The van der Waals surface area contributed by atoms with E-state index in [1.54, 1.807) is 6.07 Å². The summed E-state index contributed by atoms with van der Waals surface area (Å²) in [4.78, 5) is 23.3. The fourth-order valence-electron chi connectivity index (χ4n) is 1.70. The second-order valence-electron chi connectivity index (χ2n) is 3.78. The molecule has 0 unspecified atom stereocenters. The van der Waals surface area contributed by atoms with Crippen LogP contribution in [0.4, 0.5) is 0 Å². The van der Waals surface area contributed by atoms with Gasteiger partial charge in [0, 0.05) is 0 Å². The third-order valence-corrected chi connectivity index (χ3v) is 4.33. The van der Waals surface area contributed by atoms with Crippen LogP contribution in [0.25, 0.3) is 0 Å². The molecule has 1 aliphatic rings. The van der Waals surface area contributed by atoms with E-state index in [-0.39, 0.29) is 17.1 Å². The Morgan fingerprint density at radius 2 is 2.05 bits per heavy atom. The summed E-state index contributed by atoms with van der Waals surface area (Å²) in [5, 5.41) is 0. The van der Waals surface area contributed by atoms with Crippen molar-refractivity contribution >= 4 is 21.9 Å². The lowest BCUT2D eigenvalue weighted by Crippen LogP contribution is -2.35. The van der Waals surface area contributed by atoms with Gasteiger partial charge in [0.2, 0.25) is 0 Å². The minimum atomic E-state index is -3.96. The molecule has 0 atom stereocenters. The molecule has 0 fully saturated rings. The molecule has 100 valence electrons. The highest BCUT2D eigenvalue weighted by Gasteiger charge is 2.41. The number of amides is 1. The molecule has 0 radical (unpaired) electrons. The highest BCUT2D eigenvalue weighted by molar-refractivity contribution is 7.90. The lowest BCUT2D eigenvalue weighted by Gasteiger charge is -2.13. The van der Waals surface area contributed by atoms with E-state index in [2.05, 4.69) is 11.3 Å². The van der Waals surface area contributed by atoms with Crippen molar-refractivity contribution in [1.82, 2.24) is 4.31 Å². The van der Waals surface area contributed by atoms with Crippen molar-refractivity contribution in [3.63, 3.8) is 0 Å². The van der Waals surface area contributed by atoms with Gasteiger partial charge in [-0.2, -0.15) is 0 Å². The van der Waals surface area contributed by atoms with Gasteiger partial charge in [-0.25, -0.2) is 12.7 Å². The van der Waals surface area contributed by atoms with Crippen LogP contribution in [0.5, 0.6) is 0 Å². The van der Waals surface area contributed by atoms with E-state index in [1.165, 1.54) is 24.3 Å². The van der Waals surface area contributed by atoms with Gasteiger partial charge in [0.15, 0.2) is 0 Å².